The Bertz CT molecular complexity index is 475. The van der Waals surface area contributed by atoms with E-state index in [4.69, 9.17) is 10.4 Å². The number of nitriles is 1. The van der Waals surface area contributed by atoms with Crippen LogP contribution in [0.1, 0.15) is 30.4 Å². The predicted octanol–water partition coefficient (Wildman–Crippen LogP) is 1.84. The standard InChI is InChI=1S/C17H25N3O/c1-19(8-3-11-21)17-6-9-20(10-7-17)14-16-5-2-4-15(12-16)13-18/h2,4-5,12,17,21H,3,6-11,14H2,1H3. The Hall–Kier alpha value is -1.41. The van der Waals surface area contributed by atoms with E-state index < -0.39 is 0 Å². The molecule has 0 amide bonds. The first kappa shape index (κ1) is 16.0. The van der Waals surface area contributed by atoms with Crippen LogP contribution in [0.15, 0.2) is 24.3 Å². The molecule has 1 aliphatic rings. The fourth-order valence-electron chi connectivity index (χ4n) is 3.02. The van der Waals surface area contributed by atoms with Crippen LogP contribution in [0.2, 0.25) is 0 Å². The molecule has 0 atom stereocenters. The van der Waals surface area contributed by atoms with Crippen LogP contribution in [0.3, 0.4) is 0 Å². The second kappa shape index (κ2) is 8.14. The van der Waals surface area contributed by atoms with Crippen LogP contribution in [-0.2, 0) is 6.54 Å². The lowest BCUT2D eigenvalue weighted by atomic mass is 10.0. The van der Waals surface area contributed by atoms with Gasteiger partial charge in [0.05, 0.1) is 11.6 Å². The molecular weight excluding hydrogens is 262 g/mol. The molecule has 0 bridgehead atoms. The molecule has 1 saturated heterocycles. The van der Waals surface area contributed by atoms with Crippen molar-refractivity contribution in [3.63, 3.8) is 0 Å². The first-order chi connectivity index (χ1) is 10.2. The van der Waals surface area contributed by atoms with Gasteiger partial charge in [-0.25, -0.2) is 0 Å². The van der Waals surface area contributed by atoms with Gasteiger partial charge in [0.15, 0.2) is 0 Å². The third-order valence-corrected chi connectivity index (χ3v) is 4.31. The van der Waals surface area contributed by atoms with E-state index >= 15 is 0 Å². The molecule has 0 aromatic heterocycles. The lowest BCUT2D eigenvalue weighted by molar-refractivity contribution is 0.117. The number of piperidine rings is 1. The molecule has 1 aromatic rings. The van der Waals surface area contributed by atoms with Crippen molar-refractivity contribution in [2.24, 2.45) is 0 Å². The van der Waals surface area contributed by atoms with Crippen molar-refractivity contribution in [3.05, 3.63) is 35.4 Å². The molecule has 1 aliphatic heterocycles. The topological polar surface area (TPSA) is 50.5 Å². The fraction of sp³-hybridized carbons (Fsp3) is 0.588. The molecule has 4 nitrogen and oxygen atoms in total. The van der Waals surface area contributed by atoms with Crippen LogP contribution in [-0.4, -0.2) is 54.2 Å². The smallest absolute Gasteiger partial charge is 0.0991 e. The Morgan fingerprint density at radius 3 is 2.81 bits per heavy atom. The Morgan fingerprint density at radius 1 is 1.38 bits per heavy atom. The average molecular weight is 287 g/mol. The summed E-state index contributed by atoms with van der Waals surface area (Å²) in [5.41, 5.74) is 1.97. The van der Waals surface area contributed by atoms with E-state index in [9.17, 15) is 0 Å². The maximum atomic E-state index is 8.95. The number of hydrogen-bond acceptors (Lipinski definition) is 4. The SMILES string of the molecule is CN(CCCO)C1CCN(Cc2cccc(C#N)c2)CC1. The van der Waals surface area contributed by atoms with Gasteiger partial charge in [-0.15, -0.1) is 0 Å². The Balaban J connectivity index is 1.80. The first-order valence-electron chi connectivity index (χ1n) is 7.75. The molecule has 1 aromatic carbocycles. The quantitative estimate of drug-likeness (QED) is 0.867. The summed E-state index contributed by atoms with van der Waals surface area (Å²) in [6.07, 6.45) is 3.22. The van der Waals surface area contributed by atoms with Gasteiger partial charge >= 0.3 is 0 Å². The van der Waals surface area contributed by atoms with Crippen molar-refractivity contribution in [3.8, 4) is 6.07 Å². The van der Waals surface area contributed by atoms with Crippen molar-refractivity contribution in [1.82, 2.24) is 9.80 Å². The molecular formula is C17H25N3O. The summed E-state index contributed by atoms with van der Waals surface area (Å²) in [4.78, 5) is 4.84. The average Bonchev–Trinajstić information content (AvgIpc) is 2.53. The highest BCUT2D eigenvalue weighted by Gasteiger charge is 2.22. The largest absolute Gasteiger partial charge is 0.396 e. The third-order valence-electron chi connectivity index (χ3n) is 4.31. The maximum absolute atomic E-state index is 8.95. The highest BCUT2D eigenvalue weighted by atomic mass is 16.3. The van der Waals surface area contributed by atoms with Crippen LogP contribution in [0, 0.1) is 11.3 Å². The number of hydrogen-bond donors (Lipinski definition) is 1. The van der Waals surface area contributed by atoms with E-state index in [0.717, 1.165) is 38.2 Å². The number of benzene rings is 1. The molecule has 0 saturated carbocycles. The van der Waals surface area contributed by atoms with Crippen molar-refractivity contribution < 1.29 is 5.11 Å². The number of likely N-dealkylation sites (tertiary alicyclic amines) is 1. The molecule has 114 valence electrons. The van der Waals surface area contributed by atoms with Crippen molar-refractivity contribution in [1.29, 1.82) is 5.26 Å². The van der Waals surface area contributed by atoms with Crippen LogP contribution in [0.5, 0.6) is 0 Å². The van der Waals surface area contributed by atoms with Gasteiger partial charge in [-0.1, -0.05) is 12.1 Å². The monoisotopic (exact) mass is 287 g/mol. The molecule has 1 heterocycles. The summed E-state index contributed by atoms with van der Waals surface area (Å²) in [6, 6.07) is 10.7. The van der Waals surface area contributed by atoms with Gasteiger partial charge in [0.25, 0.3) is 0 Å². The number of aliphatic hydroxyl groups excluding tert-OH is 1. The molecule has 1 fully saturated rings. The van der Waals surface area contributed by atoms with E-state index in [1.54, 1.807) is 0 Å². The van der Waals surface area contributed by atoms with Gasteiger partial charge in [0.1, 0.15) is 0 Å². The van der Waals surface area contributed by atoms with Gasteiger partial charge in [0.2, 0.25) is 0 Å². The summed E-state index contributed by atoms with van der Waals surface area (Å²) in [7, 11) is 2.16. The highest BCUT2D eigenvalue weighted by Crippen LogP contribution is 2.18. The predicted molar refractivity (Wildman–Crippen MR) is 83.8 cm³/mol. The molecule has 0 spiro atoms. The highest BCUT2D eigenvalue weighted by molar-refractivity contribution is 5.32. The lowest BCUT2D eigenvalue weighted by Gasteiger charge is -2.36. The number of aliphatic hydroxyl groups is 1. The summed E-state index contributed by atoms with van der Waals surface area (Å²) in [5, 5.41) is 17.9. The molecule has 0 radical (unpaired) electrons. The van der Waals surface area contributed by atoms with E-state index in [2.05, 4.69) is 29.0 Å². The van der Waals surface area contributed by atoms with Crippen LogP contribution in [0.25, 0.3) is 0 Å². The lowest BCUT2D eigenvalue weighted by Crippen LogP contribution is -2.43. The Morgan fingerprint density at radius 2 is 2.14 bits per heavy atom. The van der Waals surface area contributed by atoms with Crippen molar-refractivity contribution >= 4 is 0 Å². The minimum absolute atomic E-state index is 0.276. The van der Waals surface area contributed by atoms with Crippen LogP contribution >= 0.6 is 0 Å². The van der Waals surface area contributed by atoms with Crippen molar-refractivity contribution in [2.45, 2.75) is 31.8 Å². The van der Waals surface area contributed by atoms with Gasteiger partial charge in [0, 0.05) is 25.7 Å². The molecule has 0 unspecified atom stereocenters. The first-order valence-corrected chi connectivity index (χ1v) is 7.75. The van der Waals surface area contributed by atoms with Gasteiger partial charge in [-0.2, -0.15) is 5.26 Å². The zero-order valence-electron chi connectivity index (χ0n) is 12.8. The van der Waals surface area contributed by atoms with E-state index in [1.807, 2.05) is 18.2 Å². The molecule has 4 heteroatoms. The number of nitrogens with zero attached hydrogens (tertiary/aromatic N) is 3. The van der Waals surface area contributed by atoms with E-state index in [0.29, 0.717) is 6.04 Å². The van der Waals surface area contributed by atoms with Crippen molar-refractivity contribution in [2.75, 3.05) is 33.3 Å². The fourth-order valence-corrected chi connectivity index (χ4v) is 3.02. The minimum Gasteiger partial charge on any atom is -0.396 e. The Labute approximate surface area is 127 Å². The molecule has 21 heavy (non-hydrogen) atoms. The van der Waals surface area contributed by atoms with Crippen LogP contribution in [0.4, 0.5) is 0 Å². The number of rotatable bonds is 6. The molecule has 2 rings (SSSR count). The second-order valence-electron chi connectivity index (χ2n) is 5.88. The summed E-state index contributed by atoms with van der Waals surface area (Å²) in [6.45, 7) is 4.39. The summed E-state index contributed by atoms with van der Waals surface area (Å²) in [5.74, 6) is 0. The zero-order valence-corrected chi connectivity index (χ0v) is 12.8. The van der Waals surface area contributed by atoms with Crippen LogP contribution < -0.4 is 0 Å². The van der Waals surface area contributed by atoms with Gasteiger partial charge < -0.3 is 10.0 Å². The van der Waals surface area contributed by atoms with Gasteiger partial charge in [-0.05, 0) is 57.1 Å². The summed E-state index contributed by atoms with van der Waals surface area (Å²) >= 11 is 0. The molecule has 0 aliphatic carbocycles. The third kappa shape index (κ3) is 4.82. The molecule has 1 N–H and O–H groups in total. The van der Waals surface area contributed by atoms with E-state index in [-0.39, 0.29) is 6.61 Å². The normalized spacial score (nSPS) is 17.0. The van der Waals surface area contributed by atoms with Gasteiger partial charge in [-0.3, -0.25) is 4.90 Å². The summed E-state index contributed by atoms with van der Waals surface area (Å²) < 4.78 is 0. The minimum atomic E-state index is 0.276. The zero-order chi connectivity index (χ0) is 15.1. The van der Waals surface area contributed by atoms with E-state index in [1.165, 1.54) is 18.4 Å². The maximum Gasteiger partial charge on any atom is 0.0991 e. The Kier molecular flexibility index (Phi) is 6.19. The second-order valence-corrected chi connectivity index (χ2v) is 5.88.